The summed E-state index contributed by atoms with van der Waals surface area (Å²) >= 11 is 1.70. The molecule has 1 atom stereocenters. The van der Waals surface area contributed by atoms with Gasteiger partial charge in [-0.2, -0.15) is 0 Å². The van der Waals surface area contributed by atoms with E-state index in [-0.39, 0.29) is 18.4 Å². The van der Waals surface area contributed by atoms with E-state index in [1.807, 2.05) is 12.1 Å². The molecule has 0 saturated heterocycles. The fourth-order valence-corrected chi connectivity index (χ4v) is 2.90. The molecule has 20 heavy (non-hydrogen) atoms. The van der Waals surface area contributed by atoms with Gasteiger partial charge in [0.1, 0.15) is 0 Å². The fourth-order valence-electron chi connectivity index (χ4n) is 2.15. The molecule has 0 aliphatic heterocycles. The molecule has 3 heteroatoms. The molecular formula is C17H16ClNS. The molecule has 2 aromatic carbocycles. The van der Waals surface area contributed by atoms with Crippen molar-refractivity contribution in [2.75, 3.05) is 0 Å². The van der Waals surface area contributed by atoms with Gasteiger partial charge in [0.15, 0.2) is 0 Å². The summed E-state index contributed by atoms with van der Waals surface area (Å²) in [5, 5.41) is 2.06. The second kappa shape index (κ2) is 6.71. The molecule has 2 N–H and O–H groups in total. The minimum atomic E-state index is -0.0233. The van der Waals surface area contributed by atoms with Gasteiger partial charge < -0.3 is 5.73 Å². The van der Waals surface area contributed by atoms with Crippen LogP contribution in [0.5, 0.6) is 0 Å². The third-order valence-electron chi connectivity index (χ3n) is 3.23. The second-order valence-corrected chi connectivity index (χ2v) is 5.46. The van der Waals surface area contributed by atoms with Gasteiger partial charge in [-0.15, -0.1) is 23.7 Å². The lowest BCUT2D eigenvalue weighted by molar-refractivity contribution is 0.894. The minimum Gasteiger partial charge on any atom is -0.320 e. The molecule has 3 rings (SSSR count). The number of hydrogen-bond donors (Lipinski definition) is 1. The number of rotatable bonds is 3. The maximum Gasteiger partial charge on any atom is 0.0645 e. The smallest absolute Gasteiger partial charge is 0.0645 e. The molecule has 102 valence electrons. The Balaban J connectivity index is 0.00000147. The maximum absolute atomic E-state index is 6.26. The van der Waals surface area contributed by atoms with E-state index < -0.39 is 0 Å². The Kier molecular flexibility index (Phi) is 4.96. The van der Waals surface area contributed by atoms with Crippen molar-refractivity contribution < 1.29 is 0 Å². The highest BCUT2D eigenvalue weighted by molar-refractivity contribution is 7.10. The second-order valence-electron chi connectivity index (χ2n) is 4.48. The Morgan fingerprint density at radius 1 is 0.750 bits per heavy atom. The van der Waals surface area contributed by atoms with Gasteiger partial charge in [-0.1, -0.05) is 60.7 Å². The Morgan fingerprint density at radius 3 is 2.00 bits per heavy atom. The Hall–Kier alpha value is -1.61. The van der Waals surface area contributed by atoms with Gasteiger partial charge in [-0.25, -0.2) is 0 Å². The van der Waals surface area contributed by atoms with E-state index in [1.54, 1.807) is 11.3 Å². The summed E-state index contributed by atoms with van der Waals surface area (Å²) in [4.78, 5) is 1.20. The van der Waals surface area contributed by atoms with Crippen molar-refractivity contribution in [3.05, 3.63) is 82.6 Å². The van der Waals surface area contributed by atoms with Crippen LogP contribution in [0.15, 0.2) is 72.1 Å². The molecule has 0 unspecified atom stereocenters. The van der Waals surface area contributed by atoms with Crippen LogP contribution in [0, 0.1) is 0 Å². The first-order chi connectivity index (χ1) is 9.34. The fraction of sp³-hybridized carbons (Fsp3) is 0.0588. The summed E-state index contributed by atoms with van der Waals surface area (Å²) in [6.07, 6.45) is 0. The highest BCUT2D eigenvalue weighted by Crippen LogP contribution is 2.26. The third-order valence-corrected chi connectivity index (χ3v) is 4.18. The molecule has 0 amide bonds. The summed E-state index contributed by atoms with van der Waals surface area (Å²) in [5.41, 5.74) is 9.87. The molecule has 0 saturated carbocycles. The van der Waals surface area contributed by atoms with Crippen molar-refractivity contribution in [2.24, 2.45) is 5.73 Å². The van der Waals surface area contributed by atoms with Crippen LogP contribution >= 0.6 is 23.7 Å². The van der Waals surface area contributed by atoms with Crippen LogP contribution in [0.1, 0.15) is 16.5 Å². The highest BCUT2D eigenvalue weighted by Gasteiger charge is 2.09. The predicted octanol–water partition coefficient (Wildman–Crippen LogP) is 4.89. The summed E-state index contributed by atoms with van der Waals surface area (Å²) in [5.74, 6) is 0. The summed E-state index contributed by atoms with van der Waals surface area (Å²) < 4.78 is 0. The largest absolute Gasteiger partial charge is 0.320 e. The van der Waals surface area contributed by atoms with Crippen molar-refractivity contribution in [3.8, 4) is 11.1 Å². The van der Waals surface area contributed by atoms with Crippen LogP contribution < -0.4 is 5.73 Å². The lowest BCUT2D eigenvalue weighted by atomic mass is 10.0. The van der Waals surface area contributed by atoms with E-state index in [1.165, 1.54) is 16.0 Å². The summed E-state index contributed by atoms with van der Waals surface area (Å²) in [6, 6.07) is 23.0. The Labute approximate surface area is 129 Å². The van der Waals surface area contributed by atoms with Crippen molar-refractivity contribution in [1.29, 1.82) is 0 Å². The van der Waals surface area contributed by atoms with Gasteiger partial charge in [-0.3, -0.25) is 0 Å². The van der Waals surface area contributed by atoms with Gasteiger partial charge in [0, 0.05) is 4.88 Å². The number of hydrogen-bond acceptors (Lipinski definition) is 2. The number of nitrogens with two attached hydrogens (primary N) is 1. The first-order valence-corrected chi connectivity index (χ1v) is 7.17. The number of benzene rings is 2. The molecular weight excluding hydrogens is 286 g/mol. The molecule has 1 nitrogen and oxygen atoms in total. The quantitative estimate of drug-likeness (QED) is 0.732. The first-order valence-electron chi connectivity index (χ1n) is 6.29. The topological polar surface area (TPSA) is 26.0 Å². The molecule has 0 radical (unpaired) electrons. The highest BCUT2D eigenvalue weighted by atomic mass is 35.5. The normalized spacial score (nSPS) is 11.7. The molecule has 0 aliphatic rings. The van der Waals surface area contributed by atoms with Gasteiger partial charge in [0.05, 0.1) is 6.04 Å². The van der Waals surface area contributed by atoms with Crippen LogP contribution in [0.25, 0.3) is 11.1 Å². The molecule has 3 aromatic rings. The van der Waals surface area contributed by atoms with Gasteiger partial charge >= 0.3 is 0 Å². The molecule has 1 aromatic heterocycles. The van der Waals surface area contributed by atoms with E-state index in [2.05, 4.69) is 60.0 Å². The van der Waals surface area contributed by atoms with Gasteiger partial charge in [0.25, 0.3) is 0 Å². The molecule has 0 bridgehead atoms. The number of thiophene rings is 1. The van der Waals surface area contributed by atoms with Crippen molar-refractivity contribution in [2.45, 2.75) is 6.04 Å². The van der Waals surface area contributed by atoms with Crippen LogP contribution in [-0.2, 0) is 0 Å². The van der Waals surface area contributed by atoms with Crippen molar-refractivity contribution in [1.82, 2.24) is 0 Å². The first kappa shape index (κ1) is 14.8. The minimum absolute atomic E-state index is 0. The van der Waals surface area contributed by atoms with Crippen LogP contribution in [0.2, 0.25) is 0 Å². The molecule has 0 aliphatic carbocycles. The Morgan fingerprint density at radius 2 is 1.40 bits per heavy atom. The van der Waals surface area contributed by atoms with Crippen molar-refractivity contribution >= 4 is 23.7 Å². The van der Waals surface area contributed by atoms with E-state index in [0.29, 0.717) is 0 Å². The molecule has 1 heterocycles. The van der Waals surface area contributed by atoms with E-state index >= 15 is 0 Å². The van der Waals surface area contributed by atoms with Crippen molar-refractivity contribution in [3.63, 3.8) is 0 Å². The monoisotopic (exact) mass is 301 g/mol. The third kappa shape index (κ3) is 3.10. The summed E-state index contributed by atoms with van der Waals surface area (Å²) in [6.45, 7) is 0. The number of halogens is 1. The summed E-state index contributed by atoms with van der Waals surface area (Å²) in [7, 11) is 0. The lowest BCUT2D eigenvalue weighted by Crippen LogP contribution is -2.09. The van der Waals surface area contributed by atoms with E-state index in [9.17, 15) is 0 Å². The zero-order chi connectivity index (χ0) is 13.1. The standard InChI is InChI=1S/C17H15NS.ClH/c18-17(16-7-4-12-19-16)15-10-8-14(9-11-15)13-5-2-1-3-6-13;/h1-12,17H,18H2;1H/t17-;/m0./s1. The van der Waals surface area contributed by atoms with Gasteiger partial charge in [-0.05, 0) is 28.1 Å². The van der Waals surface area contributed by atoms with Gasteiger partial charge in [0.2, 0.25) is 0 Å². The average Bonchev–Trinajstić information content (AvgIpc) is 3.02. The van der Waals surface area contributed by atoms with Crippen LogP contribution in [0.4, 0.5) is 0 Å². The zero-order valence-electron chi connectivity index (χ0n) is 10.9. The predicted molar refractivity (Wildman–Crippen MR) is 89.5 cm³/mol. The SMILES string of the molecule is Cl.N[C@@H](c1ccc(-c2ccccc2)cc1)c1cccs1. The maximum atomic E-state index is 6.26. The molecule has 0 fully saturated rings. The molecule has 0 spiro atoms. The van der Waals surface area contributed by atoms with Crippen LogP contribution in [0.3, 0.4) is 0 Å². The zero-order valence-corrected chi connectivity index (χ0v) is 12.5. The Bertz CT molecular complexity index is 633. The van der Waals surface area contributed by atoms with E-state index in [0.717, 1.165) is 5.56 Å². The average molecular weight is 302 g/mol. The lowest BCUT2D eigenvalue weighted by Gasteiger charge is -2.11. The van der Waals surface area contributed by atoms with Crippen LogP contribution in [-0.4, -0.2) is 0 Å². The van der Waals surface area contributed by atoms with E-state index in [4.69, 9.17) is 5.73 Å².